The number of benzene rings is 4. The van der Waals surface area contributed by atoms with Crippen molar-refractivity contribution in [3.8, 4) is 16.9 Å². The molecule has 0 spiro atoms. The van der Waals surface area contributed by atoms with Crippen molar-refractivity contribution in [3.05, 3.63) is 115 Å². The molecule has 0 aliphatic rings. The zero-order valence-corrected chi connectivity index (χ0v) is 18.5. The van der Waals surface area contributed by atoms with Crippen LogP contribution in [0.1, 0.15) is 17.3 Å². The number of halogens is 1. The maximum absolute atomic E-state index is 13.0. The number of nitrogens with one attached hydrogen (secondary N) is 2. The van der Waals surface area contributed by atoms with Crippen LogP contribution in [0.2, 0.25) is 0 Å². The molecule has 4 aromatic carbocycles. The van der Waals surface area contributed by atoms with Gasteiger partial charge in [-0.15, -0.1) is 0 Å². The first-order valence-electron chi connectivity index (χ1n) is 10.8. The molecule has 0 aliphatic heterocycles. The fourth-order valence-corrected chi connectivity index (χ4v) is 3.33. The lowest BCUT2D eigenvalue weighted by Crippen LogP contribution is -2.30. The molecule has 1 atom stereocenters. The van der Waals surface area contributed by atoms with Crippen molar-refractivity contribution < 1.29 is 18.7 Å². The third-order valence-electron chi connectivity index (χ3n) is 5.14. The van der Waals surface area contributed by atoms with Gasteiger partial charge in [0.25, 0.3) is 11.8 Å². The molecule has 0 aromatic heterocycles. The number of hydrogen-bond donors (Lipinski definition) is 2. The summed E-state index contributed by atoms with van der Waals surface area (Å²) in [7, 11) is 0. The number of carbonyl (C=O) groups is 2. The third kappa shape index (κ3) is 5.86. The third-order valence-corrected chi connectivity index (χ3v) is 5.14. The van der Waals surface area contributed by atoms with Gasteiger partial charge in [-0.05, 0) is 72.6 Å². The molecule has 34 heavy (non-hydrogen) atoms. The number of amides is 2. The molecule has 6 heteroatoms. The molecule has 170 valence electrons. The highest BCUT2D eigenvalue weighted by molar-refractivity contribution is 6.05. The summed E-state index contributed by atoms with van der Waals surface area (Å²) in [5.41, 5.74) is 3.45. The number of hydrogen-bond acceptors (Lipinski definition) is 3. The van der Waals surface area contributed by atoms with Gasteiger partial charge in [0.1, 0.15) is 11.6 Å². The van der Waals surface area contributed by atoms with Gasteiger partial charge in [0.2, 0.25) is 0 Å². The number of ether oxygens (including phenoxy) is 1. The van der Waals surface area contributed by atoms with Crippen LogP contribution >= 0.6 is 0 Å². The topological polar surface area (TPSA) is 67.4 Å². The summed E-state index contributed by atoms with van der Waals surface area (Å²) in [6.45, 7) is 1.66. The van der Waals surface area contributed by atoms with E-state index in [0.29, 0.717) is 22.7 Å². The van der Waals surface area contributed by atoms with Crippen LogP contribution in [0.15, 0.2) is 103 Å². The molecule has 2 amide bonds. The van der Waals surface area contributed by atoms with E-state index in [0.717, 1.165) is 11.1 Å². The summed E-state index contributed by atoms with van der Waals surface area (Å²) in [5, 5.41) is 5.47. The lowest BCUT2D eigenvalue weighted by atomic mass is 10.1. The first kappa shape index (κ1) is 22.7. The molecule has 0 heterocycles. The van der Waals surface area contributed by atoms with E-state index < -0.39 is 6.10 Å². The average Bonchev–Trinajstić information content (AvgIpc) is 2.86. The van der Waals surface area contributed by atoms with E-state index in [9.17, 15) is 14.0 Å². The van der Waals surface area contributed by atoms with Gasteiger partial charge in [0.05, 0.1) is 0 Å². The maximum Gasteiger partial charge on any atom is 0.265 e. The Morgan fingerprint density at radius 1 is 0.735 bits per heavy atom. The van der Waals surface area contributed by atoms with Gasteiger partial charge in [-0.2, -0.15) is 0 Å². The van der Waals surface area contributed by atoms with Crippen LogP contribution in [0, 0.1) is 5.82 Å². The van der Waals surface area contributed by atoms with Crippen LogP contribution < -0.4 is 15.4 Å². The predicted octanol–water partition coefficient (Wildman–Crippen LogP) is 6.15. The van der Waals surface area contributed by atoms with E-state index in [-0.39, 0.29) is 17.6 Å². The lowest BCUT2D eigenvalue weighted by Gasteiger charge is -2.15. The predicted molar refractivity (Wildman–Crippen MR) is 131 cm³/mol. The summed E-state index contributed by atoms with van der Waals surface area (Å²) in [4.78, 5) is 25.1. The monoisotopic (exact) mass is 454 g/mol. The summed E-state index contributed by atoms with van der Waals surface area (Å²) in [5.74, 6) is -0.519. The molecule has 1 unspecified atom stereocenters. The van der Waals surface area contributed by atoms with Crippen molar-refractivity contribution in [2.45, 2.75) is 13.0 Å². The minimum atomic E-state index is -0.751. The molecule has 4 aromatic rings. The van der Waals surface area contributed by atoms with Gasteiger partial charge < -0.3 is 15.4 Å². The lowest BCUT2D eigenvalue weighted by molar-refractivity contribution is -0.122. The molecule has 2 N–H and O–H groups in total. The van der Waals surface area contributed by atoms with Gasteiger partial charge >= 0.3 is 0 Å². The van der Waals surface area contributed by atoms with E-state index in [1.807, 2.05) is 54.6 Å². The Morgan fingerprint density at radius 2 is 1.41 bits per heavy atom. The summed E-state index contributed by atoms with van der Waals surface area (Å²) >= 11 is 0. The van der Waals surface area contributed by atoms with Crippen molar-refractivity contribution >= 4 is 23.2 Å². The highest BCUT2D eigenvalue weighted by atomic mass is 19.1. The second kappa shape index (κ2) is 10.4. The van der Waals surface area contributed by atoms with E-state index in [4.69, 9.17) is 4.74 Å². The van der Waals surface area contributed by atoms with E-state index in [1.165, 1.54) is 24.3 Å². The van der Waals surface area contributed by atoms with Gasteiger partial charge in [-0.1, -0.05) is 48.5 Å². The Bertz CT molecular complexity index is 1270. The van der Waals surface area contributed by atoms with Crippen molar-refractivity contribution in [3.63, 3.8) is 0 Å². The van der Waals surface area contributed by atoms with Gasteiger partial charge in [0, 0.05) is 16.9 Å². The van der Waals surface area contributed by atoms with Crippen molar-refractivity contribution in [2.24, 2.45) is 0 Å². The van der Waals surface area contributed by atoms with Crippen LogP contribution in [-0.2, 0) is 4.79 Å². The quantitative estimate of drug-likeness (QED) is 0.352. The van der Waals surface area contributed by atoms with Crippen LogP contribution in [0.4, 0.5) is 15.8 Å². The summed E-state index contributed by atoms with van der Waals surface area (Å²) in [6.07, 6.45) is -0.751. The molecule has 0 aliphatic carbocycles. The van der Waals surface area contributed by atoms with Gasteiger partial charge in [0.15, 0.2) is 6.10 Å². The smallest absolute Gasteiger partial charge is 0.265 e. The maximum atomic E-state index is 13.0. The zero-order chi connectivity index (χ0) is 23.9. The standard InChI is InChI=1S/C28H23FN2O3/c1-19(34-26-16-10-21(11-17-26)20-6-3-2-4-7-20)27(32)31-25-9-5-8-22(18-25)28(33)30-24-14-12-23(29)13-15-24/h2-19H,1H3,(H,30,33)(H,31,32). The Balaban J connectivity index is 1.35. The van der Waals surface area contributed by atoms with E-state index in [1.54, 1.807) is 31.2 Å². The highest BCUT2D eigenvalue weighted by Crippen LogP contribution is 2.23. The normalized spacial score (nSPS) is 11.4. The largest absolute Gasteiger partial charge is 0.481 e. The Kier molecular flexibility index (Phi) is 6.98. The fourth-order valence-electron chi connectivity index (χ4n) is 3.33. The van der Waals surface area contributed by atoms with E-state index >= 15 is 0 Å². The van der Waals surface area contributed by atoms with Crippen LogP contribution in [0.25, 0.3) is 11.1 Å². The number of carbonyl (C=O) groups excluding carboxylic acids is 2. The molecule has 5 nitrogen and oxygen atoms in total. The first-order valence-corrected chi connectivity index (χ1v) is 10.8. The first-order chi connectivity index (χ1) is 16.5. The summed E-state index contributed by atoms with van der Waals surface area (Å²) in [6, 6.07) is 29.6. The molecular formula is C28H23FN2O3. The minimum Gasteiger partial charge on any atom is -0.481 e. The minimum absolute atomic E-state index is 0.344. The van der Waals surface area contributed by atoms with Gasteiger partial charge in [-0.3, -0.25) is 9.59 Å². The van der Waals surface area contributed by atoms with Crippen molar-refractivity contribution in [2.75, 3.05) is 10.6 Å². The van der Waals surface area contributed by atoms with Crippen LogP contribution in [0.3, 0.4) is 0 Å². The van der Waals surface area contributed by atoms with Crippen LogP contribution in [0.5, 0.6) is 5.75 Å². The second-order valence-corrected chi connectivity index (χ2v) is 7.68. The zero-order valence-electron chi connectivity index (χ0n) is 18.5. The van der Waals surface area contributed by atoms with Gasteiger partial charge in [-0.25, -0.2) is 4.39 Å². The molecule has 0 saturated carbocycles. The molecule has 4 rings (SSSR count). The molecule has 0 radical (unpaired) electrons. The van der Waals surface area contributed by atoms with Crippen molar-refractivity contribution in [1.82, 2.24) is 0 Å². The van der Waals surface area contributed by atoms with Crippen LogP contribution in [-0.4, -0.2) is 17.9 Å². The molecular weight excluding hydrogens is 431 g/mol. The fraction of sp³-hybridized carbons (Fsp3) is 0.0714. The Morgan fingerprint density at radius 3 is 2.12 bits per heavy atom. The van der Waals surface area contributed by atoms with Crippen molar-refractivity contribution in [1.29, 1.82) is 0 Å². The molecule has 0 fully saturated rings. The number of anilines is 2. The molecule has 0 saturated heterocycles. The highest BCUT2D eigenvalue weighted by Gasteiger charge is 2.16. The Hall–Kier alpha value is -4.45. The number of rotatable bonds is 7. The summed E-state index contributed by atoms with van der Waals surface area (Å²) < 4.78 is 18.8. The Labute approximate surface area is 197 Å². The second-order valence-electron chi connectivity index (χ2n) is 7.68. The van der Waals surface area contributed by atoms with E-state index in [2.05, 4.69) is 10.6 Å². The SMILES string of the molecule is CC(Oc1ccc(-c2ccccc2)cc1)C(=O)Nc1cccc(C(=O)Nc2ccc(F)cc2)c1. The average molecular weight is 455 g/mol. The molecule has 0 bridgehead atoms.